The van der Waals surface area contributed by atoms with E-state index in [0.717, 1.165) is 4.47 Å². The Kier molecular flexibility index (Phi) is 5.72. The highest BCUT2D eigenvalue weighted by molar-refractivity contribution is 9.10. The molecule has 3 rings (SSSR count). The van der Waals surface area contributed by atoms with E-state index in [9.17, 15) is 9.90 Å². The molecule has 0 aliphatic carbocycles. The Morgan fingerprint density at radius 1 is 1.15 bits per heavy atom. The van der Waals surface area contributed by atoms with E-state index in [-0.39, 0.29) is 32.4 Å². The molecular formula is C16H9BrCl3N3O3. The SMILES string of the molecule is O=C(COc1cc(Cl)c(Cl)cc1Cl)N=Nc1c(O)[nH]c2ccc(Br)cc12. The lowest BCUT2D eigenvalue weighted by molar-refractivity contribution is -0.120. The van der Waals surface area contributed by atoms with Crippen LogP contribution in [0.1, 0.15) is 0 Å². The van der Waals surface area contributed by atoms with Gasteiger partial charge >= 0.3 is 5.91 Å². The predicted molar refractivity (Wildman–Crippen MR) is 104 cm³/mol. The molecule has 0 spiro atoms. The van der Waals surface area contributed by atoms with Crippen LogP contribution in [0, 0.1) is 0 Å². The number of H-pyrrole nitrogens is 1. The van der Waals surface area contributed by atoms with Gasteiger partial charge in [-0.2, -0.15) is 0 Å². The van der Waals surface area contributed by atoms with Crippen LogP contribution in [-0.2, 0) is 4.79 Å². The number of benzene rings is 2. The van der Waals surface area contributed by atoms with Crippen LogP contribution in [0.25, 0.3) is 10.9 Å². The van der Waals surface area contributed by atoms with Gasteiger partial charge in [0, 0.05) is 15.9 Å². The lowest BCUT2D eigenvalue weighted by Gasteiger charge is -2.07. The van der Waals surface area contributed by atoms with Crippen molar-refractivity contribution >= 4 is 73.2 Å². The smallest absolute Gasteiger partial charge is 0.302 e. The van der Waals surface area contributed by atoms with Crippen LogP contribution in [0.4, 0.5) is 5.69 Å². The number of azo groups is 1. The molecule has 0 aliphatic rings. The summed E-state index contributed by atoms with van der Waals surface area (Å²) in [5, 5.41) is 18.6. The van der Waals surface area contributed by atoms with Crippen LogP contribution >= 0.6 is 50.7 Å². The van der Waals surface area contributed by atoms with Gasteiger partial charge in [-0.15, -0.1) is 10.2 Å². The molecule has 0 saturated carbocycles. The maximum absolute atomic E-state index is 11.9. The van der Waals surface area contributed by atoms with Gasteiger partial charge < -0.3 is 14.8 Å². The van der Waals surface area contributed by atoms with E-state index in [1.54, 1.807) is 18.2 Å². The fourth-order valence-corrected chi connectivity index (χ4v) is 3.08. The minimum absolute atomic E-state index is 0.155. The number of hydrogen-bond donors (Lipinski definition) is 2. The number of nitrogens with one attached hydrogen (secondary N) is 1. The van der Waals surface area contributed by atoms with Crippen LogP contribution < -0.4 is 4.74 Å². The predicted octanol–water partition coefficient (Wildman–Crippen LogP) is 6.29. The Labute approximate surface area is 170 Å². The van der Waals surface area contributed by atoms with Crippen molar-refractivity contribution < 1.29 is 14.6 Å². The van der Waals surface area contributed by atoms with Gasteiger partial charge in [-0.3, -0.25) is 4.79 Å². The molecule has 1 amide bonds. The average Bonchev–Trinajstić information content (AvgIpc) is 2.89. The standard InChI is InChI=1S/C16H9BrCl3N3O3/c17-7-1-2-12-8(3-7)15(16(25)21-12)23-22-14(24)6-26-13-5-10(19)9(18)4-11(13)20/h1-5,21,25H,6H2. The number of nitrogens with zero attached hydrogens (tertiary/aromatic N) is 2. The van der Waals surface area contributed by atoms with Crippen LogP contribution in [0.15, 0.2) is 45.0 Å². The summed E-state index contributed by atoms with van der Waals surface area (Å²) in [5.74, 6) is -0.664. The third-order valence-corrected chi connectivity index (χ3v) is 4.81. The number of halogens is 4. The molecule has 1 heterocycles. The van der Waals surface area contributed by atoms with Crippen molar-refractivity contribution in [2.45, 2.75) is 0 Å². The van der Waals surface area contributed by atoms with Crippen molar-refractivity contribution in [3.63, 3.8) is 0 Å². The minimum atomic E-state index is -0.670. The van der Waals surface area contributed by atoms with Gasteiger partial charge in [-0.05, 0) is 24.3 Å². The number of carbonyl (C=O) groups is 1. The van der Waals surface area contributed by atoms with Gasteiger partial charge in [-0.25, -0.2) is 0 Å². The molecule has 0 atom stereocenters. The average molecular weight is 478 g/mol. The molecule has 26 heavy (non-hydrogen) atoms. The molecule has 1 aromatic heterocycles. The number of fused-ring (bicyclic) bond motifs is 1. The zero-order valence-corrected chi connectivity index (χ0v) is 16.6. The highest BCUT2D eigenvalue weighted by Gasteiger charge is 2.12. The third kappa shape index (κ3) is 4.12. The number of amides is 1. The number of ether oxygens (including phenoxy) is 1. The second kappa shape index (κ2) is 7.84. The molecule has 2 aromatic carbocycles. The molecule has 6 nitrogen and oxygen atoms in total. The molecule has 0 aliphatic heterocycles. The number of aromatic nitrogens is 1. The number of aromatic amines is 1. The first-order valence-electron chi connectivity index (χ1n) is 7.07. The van der Waals surface area contributed by atoms with E-state index in [4.69, 9.17) is 39.5 Å². The van der Waals surface area contributed by atoms with E-state index < -0.39 is 12.5 Å². The molecule has 134 valence electrons. The normalized spacial score (nSPS) is 11.4. The van der Waals surface area contributed by atoms with E-state index >= 15 is 0 Å². The zero-order chi connectivity index (χ0) is 18.8. The topological polar surface area (TPSA) is 87.0 Å². The Morgan fingerprint density at radius 3 is 2.65 bits per heavy atom. The summed E-state index contributed by atoms with van der Waals surface area (Å²) < 4.78 is 6.08. The first-order chi connectivity index (χ1) is 12.3. The van der Waals surface area contributed by atoms with Crippen molar-refractivity contribution in [3.8, 4) is 11.6 Å². The van der Waals surface area contributed by atoms with E-state index in [0.29, 0.717) is 10.9 Å². The summed E-state index contributed by atoms with van der Waals surface area (Å²) in [6.07, 6.45) is 0. The molecule has 0 radical (unpaired) electrons. The van der Waals surface area contributed by atoms with E-state index in [1.807, 2.05) is 0 Å². The molecular weight excluding hydrogens is 468 g/mol. The van der Waals surface area contributed by atoms with Gasteiger partial charge in [-0.1, -0.05) is 50.7 Å². The Bertz CT molecular complexity index is 1040. The quantitative estimate of drug-likeness (QED) is 0.342. The summed E-state index contributed by atoms with van der Waals surface area (Å²) >= 11 is 21.0. The number of aromatic hydroxyl groups is 1. The van der Waals surface area contributed by atoms with Gasteiger partial charge in [0.05, 0.1) is 20.6 Å². The molecule has 0 fully saturated rings. The van der Waals surface area contributed by atoms with Crippen molar-refractivity contribution in [1.82, 2.24) is 4.98 Å². The summed E-state index contributed by atoms with van der Waals surface area (Å²) in [5.41, 5.74) is 0.813. The Hall–Kier alpha value is -1.80. The van der Waals surface area contributed by atoms with Crippen molar-refractivity contribution in [3.05, 3.63) is 49.9 Å². The van der Waals surface area contributed by atoms with Gasteiger partial charge in [0.15, 0.2) is 12.3 Å². The maximum Gasteiger partial charge on any atom is 0.302 e. The fraction of sp³-hybridized carbons (Fsp3) is 0.0625. The largest absolute Gasteiger partial charge is 0.493 e. The van der Waals surface area contributed by atoms with Gasteiger partial charge in [0.2, 0.25) is 5.88 Å². The number of rotatable bonds is 4. The van der Waals surface area contributed by atoms with Crippen molar-refractivity contribution in [2.24, 2.45) is 10.2 Å². The van der Waals surface area contributed by atoms with Crippen LogP contribution in [0.5, 0.6) is 11.6 Å². The highest BCUT2D eigenvalue weighted by atomic mass is 79.9. The first kappa shape index (κ1) is 19.0. The zero-order valence-electron chi connectivity index (χ0n) is 12.8. The lowest BCUT2D eigenvalue weighted by Crippen LogP contribution is -2.08. The van der Waals surface area contributed by atoms with Gasteiger partial charge in [0.1, 0.15) is 5.75 Å². The highest BCUT2D eigenvalue weighted by Crippen LogP contribution is 2.37. The minimum Gasteiger partial charge on any atom is -0.493 e. The van der Waals surface area contributed by atoms with E-state index in [2.05, 4.69) is 31.1 Å². The molecule has 0 unspecified atom stereocenters. The van der Waals surface area contributed by atoms with Crippen LogP contribution in [-0.4, -0.2) is 22.6 Å². The Morgan fingerprint density at radius 2 is 1.88 bits per heavy atom. The molecule has 0 bridgehead atoms. The van der Waals surface area contributed by atoms with Crippen molar-refractivity contribution in [2.75, 3.05) is 6.61 Å². The first-order valence-corrected chi connectivity index (χ1v) is 9.00. The number of hydrogen-bond acceptors (Lipinski definition) is 4. The summed E-state index contributed by atoms with van der Waals surface area (Å²) in [4.78, 5) is 14.6. The van der Waals surface area contributed by atoms with Crippen molar-refractivity contribution in [1.29, 1.82) is 0 Å². The van der Waals surface area contributed by atoms with Crippen LogP contribution in [0.3, 0.4) is 0 Å². The fourth-order valence-electron chi connectivity index (χ4n) is 2.13. The molecule has 0 saturated heterocycles. The third-order valence-electron chi connectivity index (χ3n) is 3.30. The van der Waals surface area contributed by atoms with Crippen LogP contribution in [0.2, 0.25) is 15.1 Å². The summed E-state index contributed by atoms with van der Waals surface area (Å²) in [7, 11) is 0. The summed E-state index contributed by atoms with van der Waals surface area (Å²) in [6, 6.07) is 8.12. The maximum atomic E-state index is 11.9. The lowest BCUT2D eigenvalue weighted by atomic mass is 10.2. The molecule has 3 aromatic rings. The van der Waals surface area contributed by atoms with Gasteiger partial charge in [0.25, 0.3) is 0 Å². The number of carbonyl (C=O) groups excluding carboxylic acids is 1. The second-order valence-corrected chi connectivity index (χ2v) is 7.23. The Balaban J connectivity index is 1.74. The second-order valence-electron chi connectivity index (χ2n) is 5.09. The molecule has 2 N–H and O–H groups in total. The monoisotopic (exact) mass is 475 g/mol. The molecule has 10 heteroatoms. The summed E-state index contributed by atoms with van der Waals surface area (Å²) in [6.45, 7) is -0.409. The van der Waals surface area contributed by atoms with E-state index in [1.165, 1.54) is 12.1 Å².